The summed E-state index contributed by atoms with van der Waals surface area (Å²) in [5.41, 5.74) is 1.01. The minimum absolute atomic E-state index is 0.0442. The first-order chi connectivity index (χ1) is 15.5. The van der Waals surface area contributed by atoms with Gasteiger partial charge >= 0.3 is 0 Å². The van der Waals surface area contributed by atoms with Crippen LogP contribution in [0.15, 0.2) is 48.0 Å². The number of nitrogens with one attached hydrogen (secondary N) is 2. The maximum Gasteiger partial charge on any atom is 0.262 e. The molecule has 0 aliphatic rings. The largest absolute Gasteiger partial charge is 0.493 e. The van der Waals surface area contributed by atoms with Gasteiger partial charge in [0.05, 0.1) is 17.8 Å². The van der Waals surface area contributed by atoms with Gasteiger partial charge in [0.1, 0.15) is 11.6 Å². The van der Waals surface area contributed by atoms with Crippen LogP contribution in [0.4, 0.5) is 5.69 Å². The number of hydrogen-bond acceptors (Lipinski definition) is 6. The Balaban J connectivity index is 2.02. The van der Waals surface area contributed by atoms with Gasteiger partial charge in [0.2, 0.25) is 0 Å². The Kier molecular flexibility index (Phi) is 10.0. The molecule has 9 heteroatoms. The zero-order valence-electron chi connectivity index (χ0n) is 17.8. The molecular weight excluding hydrogens is 434 g/mol. The van der Waals surface area contributed by atoms with Crippen molar-refractivity contribution in [2.24, 2.45) is 0 Å². The molecule has 0 bridgehead atoms. The fourth-order valence-corrected chi connectivity index (χ4v) is 2.80. The number of halogens is 1. The SMILES string of the molecule is COCCCNC(=O)/C(C#N)=C/c1ccc(OCC(=O)Nc2ccccc2Cl)c(OC)c1. The van der Waals surface area contributed by atoms with Crippen molar-refractivity contribution in [3.63, 3.8) is 0 Å². The number of hydrogen-bond donors (Lipinski definition) is 2. The van der Waals surface area contributed by atoms with E-state index in [1.54, 1.807) is 49.6 Å². The number of benzene rings is 2. The molecule has 2 aromatic carbocycles. The summed E-state index contributed by atoms with van der Waals surface area (Å²) in [6, 6.07) is 13.6. The average Bonchev–Trinajstić information content (AvgIpc) is 2.80. The van der Waals surface area contributed by atoms with E-state index < -0.39 is 5.91 Å². The Morgan fingerprint density at radius 3 is 2.62 bits per heavy atom. The number of nitriles is 1. The fourth-order valence-electron chi connectivity index (χ4n) is 2.61. The van der Waals surface area contributed by atoms with Gasteiger partial charge in [-0.15, -0.1) is 0 Å². The lowest BCUT2D eigenvalue weighted by Gasteiger charge is -2.12. The minimum Gasteiger partial charge on any atom is -0.493 e. The van der Waals surface area contributed by atoms with E-state index in [0.717, 1.165) is 0 Å². The molecule has 0 spiro atoms. The lowest BCUT2D eigenvalue weighted by molar-refractivity contribution is -0.118. The van der Waals surface area contributed by atoms with Gasteiger partial charge in [-0.1, -0.05) is 29.8 Å². The highest BCUT2D eigenvalue weighted by Gasteiger charge is 2.12. The van der Waals surface area contributed by atoms with Crippen molar-refractivity contribution in [3.8, 4) is 17.6 Å². The lowest BCUT2D eigenvalue weighted by Crippen LogP contribution is -2.26. The Labute approximate surface area is 191 Å². The van der Waals surface area contributed by atoms with Gasteiger partial charge in [-0.05, 0) is 42.3 Å². The molecule has 0 aromatic heterocycles. The third-order valence-electron chi connectivity index (χ3n) is 4.18. The van der Waals surface area contributed by atoms with E-state index in [1.165, 1.54) is 13.2 Å². The van der Waals surface area contributed by atoms with Gasteiger partial charge in [0.25, 0.3) is 11.8 Å². The first-order valence-corrected chi connectivity index (χ1v) is 10.1. The van der Waals surface area contributed by atoms with Crippen LogP contribution in [0.5, 0.6) is 11.5 Å². The smallest absolute Gasteiger partial charge is 0.262 e. The Morgan fingerprint density at radius 1 is 1.16 bits per heavy atom. The van der Waals surface area contributed by atoms with E-state index in [9.17, 15) is 14.9 Å². The molecule has 0 radical (unpaired) electrons. The van der Waals surface area contributed by atoms with Crippen molar-refractivity contribution in [1.82, 2.24) is 5.32 Å². The molecule has 0 saturated carbocycles. The monoisotopic (exact) mass is 457 g/mol. The molecule has 0 unspecified atom stereocenters. The van der Waals surface area contributed by atoms with Crippen molar-refractivity contribution in [2.45, 2.75) is 6.42 Å². The van der Waals surface area contributed by atoms with Crippen molar-refractivity contribution < 1.29 is 23.8 Å². The summed E-state index contributed by atoms with van der Waals surface area (Å²) in [6.45, 7) is 0.656. The number of ether oxygens (including phenoxy) is 3. The summed E-state index contributed by atoms with van der Waals surface area (Å²) < 4.78 is 15.8. The van der Waals surface area contributed by atoms with Gasteiger partial charge in [0.15, 0.2) is 18.1 Å². The Morgan fingerprint density at radius 2 is 1.94 bits per heavy atom. The van der Waals surface area contributed by atoms with E-state index in [2.05, 4.69) is 10.6 Å². The summed E-state index contributed by atoms with van der Waals surface area (Å²) in [7, 11) is 3.03. The van der Waals surface area contributed by atoms with Crippen LogP contribution in [0.25, 0.3) is 6.08 Å². The summed E-state index contributed by atoms with van der Waals surface area (Å²) in [6.07, 6.45) is 2.09. The molecule has 0 saturated heterocycles. The summed E-state index contributed by atoms with van der Waals surface area (Å²) >= 11 is 6.03. The first kappa shape index (κ1) is 24.7. The van der Waals surface area contributed by atoms with E-state index in [4.69, 9.17) is 25.8 Å². The average molecular weight is 458 g/mol. The molecule has 0 aliphatic carbocycles. The molecule has 0 fully saturated rings. The van der Waals surface area contributed by atoms with E-state index in [1.807, 2.05) is 6.07 Å². The van der Waals surface area contributed by atoms with Crippen LogP contribution < -0.4 is 20.1 Å². The molecule has 0 heterocycles. The zero-order valence-corrected chi connectivity index (χ0v) is 18.6. The Hall–Kier alpha value is -3.54. The molecule has 2 aromatic rings. The minimum atomic E-state index is -0.473. The van der Waals surface area contributed by atoms with Gasteiger partial charge in [-0.3, -0.25) is 9.59 Å². The second kappa shape index (κ2) is 13.0. The Bertz CT molecular complexity index is 1020. The second-order valence-corrected chi connectivity index (χ2v) is 6.91. The van der Waals surface area contributed by atoms with Crippen LogP contribution in [0.2, 0.25) is 5.02 Å². The van der Waals surface area contributed by atoms with Crippen molar-refractivity contribution in [2.75, 3.05) is 39.3 Å². The third kappa shape index (κ3) is 7.61. The molecule has 0 aliphatic heterocycles. The van der Waals surface area contributed by atoms with E-state index in [-0.39, 0.29) is 18.1 Å². The highest BCUT2D eigenvalue weighted by Crippen LogP contribution is 2.29. The van der Waals surface area contributed by atoms with E-state index in [0.29, 0.717) is 47.3 Å². The normalized spacial score (nSPS) is 10.8. The van der Waals surface area contributed by atoms with Gasteiger partial charge < -0.3 is 24.8 Å². The van der Waals surface area contributed by atoms with E-state index >= 15 is 0 Å². The number of nitrogens with zero attached hydrogens (tertiary/aromatic N) is 1. The van der Waals surface area contributed by atoms with Gasteiger partial charge in [-0.2, -0.15) is 5.26 Å². The first-order valence-electron chi connectivity index (χ1n) is 9.72. The highest BCUT2D eigenvalue weighted by molar-refractivity contribution is 6.33. The third-order valence-corrected chi connectivity index (χ3v) is 4.51. The van der Waals surface area contributed by atoms with Crippen LogP contribution in [0, 0.1) is 11.3 Å². The fraction of sp³-hybridized carbons (Fsp3) is 0.261. The molecule has 2 rings (SSSR count). The maximum absolute atomic E-state index is 12.2. The molecule has 32 heavy (non-hydrogen) atoms. The molecule has 2 amide bonds. The number of amides is 2. The second-order valence-electron chi connectivity index (χ2n) is 6.50. The zero-order chi connectivity index (χ0) is 23.3. The van der Waals surface area contributed by atoms with Gasteiger partial charge in [0, 0.05) is 20.3 Å². The number of carbonyl (C=O) groups excluding carboxylic acids is 2. The summed E-state index contributed by atoms with van der Waals surface area (Å²) in [5, 5.41) is 15.1. The molecule has 168 valence electrons. The maximum atomic E-state index is 12.2. The molecule has 8 nitrogen and oxygen atoms in total. The number of rotatable bonds is 11. The highest BCUT2D eigenvalue weighted by atomic mass is 35.5. The number of methoxy groups -OCH3 is 2. The number of anilines is 1. The van der Waals surface area contributed by atoms with Crippen molar-refractivity contribution in [3.05, 3.63) is 58.6 Å². The molecule has 0 atom stereocenters. The molecular formula is C23H24ClN3O5. The molecule has 2 N–H and O–H groups in total. The van der Waals surface area contributed by atoms with Crippen molar-refractivity contribution in [1.29, 1.82) is 5.26 Å². The lowest BCUT2D eigenvalue weighted by atomic mass is 10.1. The van der Waals surface area contributed by atoms with Crippen LogP contribution in [-0.2, 0) is 14.3 Å². The van der Waals surface area contributed by atoms with Crippen LogP contribution in [0.1, 0.15) is 12.0 Å². The summed E-state index contributed by atoms with van der Waals surface area (Å²) in [4.78, 5) is 24.3. The number of para-hydroxylation sites is 1. The predicted octanol–water partition coefficient (Wildman–Crippen LogP) is 3.43. The van der Waals surface area contributed by atoms with Crippen LogP contribution in [0.3, 0.4) is 0 Å². The van der Waals surface area contributed by atoms with Crippen LogP contribution in [-0.4, -0.2) is 45.8 Å². The quantitative estimate of drug-likeness (QED) is 0.304. The standard InChI is InChI=1S/C23H24ClN3O5/c1-30-11-5-10-26-23(29)17(14-25)12-16-8-9-20(21(13-16)31-2)32-15-22(28)27-19-7-4-3-6-18(19)24/h3-4,6-9,12-13H,5,10-11,15H2,1-2H3,(H,26,29)(H,27,28)/b17-12+. The van der Waals surface area contributed by atoms with Crippen molar-refractivity contribution >= 4 is 35.2 Å². The predicted molar refractivity (Wildman–Crippen MR) is 122 cm³/mol. The topological polar surface area (TPSA) is 110 Å². The van der Waals surface area contributed by atoms with Gasteiger partial charge in [-0.25, -0.2) is 0 Å². The number of carbonyl (C=O) groups is 2. The summed E-state index contributed by atoms with van der Waals surface area (Å²) in [5.74, 6) is -0.177. The van der Waals surface area contributed by atoms with Crippen LogP contribution >= 0.6 is 11.6 Å².